The van der Waals surface area contributed by atoms with Crippen LogP contribution in [0.15, 0.2) is 24.3 Å². The quantitative estimate of drug-likeness (QED) is 0.458. The van der Waals surface area contributed by atoms with Crippen molar-refractivity contribution in [2.45, 2.75) is 5.38 Å². The SMILES string of the molecule is COC(=O)C(=O)C(Cl)c1ccc(OC)cc1. The summed E-state index contributed by atoms with van der Waals surface area (Å²) in [5, 5.41) is -1.03. The van der Waals surface area contributed by atoms with E-state index < -0.39 is 17.1 Å². The molecule has 0 fully saturated rings. The van der Waals surface area contributed by atoms with Gasteiger partial charge in [0.2, 0.25) is 0 Å². The van der Waals surface area contributed by atoms with Crippen LogP contribution in [0.2, 0.25) is 0 Å². The molecule has 4 nitrogen and oxygen atoms in total. The Morgan fingerprint density at radius 2 is 1.75 bits per heavy atom. The maximum Gasteiger partial charge on any atom is 0.376 e. The van der Waals surface area contributed by atoms with E-state index in [0.717, 1.165) is 7.11 Å². The molecule has 0 N–H and O–H groups in total. The van der Waals surface area contributed by atoms with Crippen LogP contribution in [0.4, 0.5) is 0 Å². The number of benzene rings is 1. The molecule has 86 valence electrons. The van der Waals surface area contributed by atoms with E-state index in [9.17, 15) is 9.59 Å². The van der Waals surface area contributed by atoms with Gasteiger partial charge in [0.15, 0.2) is 0 Å². The van der Waals surface area contributed by atoms with Gasteiger partial charge in [-0.05, 0) is 17.7 Å². The molecule has 0 aromatic heterocycles. The minimum atomic E-state index is -1.03. The first-order valence-corrected chi connectivity index (χ1v) is 4.94. The van der Waals surface area contributed by atoms with Crippen LogP contribution < -0.4 is 4.74 Å². The lowest BCUT2D eigenvalue weighted by atomic mass is 10.1. The fourth-order valence-electron chi connectivity index (χ4n) is 1.13. The van der Waals surface area contributed by atoms with E-state index in [1.807, 2.05) is 0 Å². The van der Waals surface area contributed by atoms with E-state index >= 15 is 0 Å². The third-order valence-corrected chi connectivity index (χ3v) is 2.48. The number of methoxy groups -OCH3 is 2. The highest BCUT2D eigenvalue weighted by atomic mass is 35.5. The Morgan fingerprint density at radius 1 is 1.19 bits per heavy atom. The molecule has 0 amide bonds. The summed E-state index contributed by atoms with van der Waals surface area (Å²) in [5.74, 6) is -1.08. The summed E-state index contributed by atoms with van der Waals surface area (Å²) in [6, 6.07) is 6.57. The molecule has 0 heterocycles. The van der Waals surface area contributed by atoms with Gasteiger partial charge in [0, 0.05) is 0 Å². The zero-order valence-electron chi connectivity index (χ0n) is 8.90. The van der Waals surface area contributed by atoms with Crippen LogP contribution in [0.1, 0.15) is 10.9 Å². The number of ether oxygens (including phenoxy) is 2. The number of halogens is 1. The molecule has 1 unspecified atom stereocenters. The Bertz CT molecular complexity index is 385. The van der Waals surface area contributed by atoms with E-state index in [1.165, 1.54) is 7.11 Å². The van der Waals surface area contributed by atoms with Gasteiger partial charge >= 0.3 is 5.97 Å². The Labute approximate surface area is 98.1 Å². The lowest BCUT2D eigenvalue weighted by Gasteiger charge is -2.07. The molecule has 0 aliphatic rings. The number of carbonyl (C=O) groups is 2. The van der Waals surface area contributed by atoms with Crippen LogP contribution in [0.5, 0.6) is 5.75 Å². The van der Waals surface area contributed by atoms with Crippen molar-refractivity contribution >= 4 is 23.4 Å². The van der Waals surface area contributed by atoms with Gasteiger partial charge in [0.1, 0.15) is 11.1 Å². The van der Waals surface area contributed by atoms with Gasteiger partial charge in [0.05, 0.1) is 14.2 Å². The molecule has 5 heteroatoms. The maximum atomic E-state index is 11.4. The summed E-state index contributed by atoms with van der Waals surface area (Å²) in [7, 11) is 2.67. The number of hydrogen-bond acceptors (Lipinski definition) is 4. The first-order chi connectivity index (χ1) is 7.60. The Hall–Kier alpha value is -1.55. The molecule has 0 aliphatic heterocycles. The zero-order valence-corrected chi connectivity index (χ0v) is 9.65. The van der Waals surface area contributed by atoms with Crippen LogP contribution in [0.25, 0.3) is 0 Å². The Balaban J connectivity index is 2.83. The second-order valence-corrected chi connectivity index (χ2v) is 3.43. The highest BCUT2D eigenvalue weighted by molar-refractivity contribution is 6.47. The van der Waals surface area contributed by atoms with Crippen LogP contribution in [0.3, 0.4) is 0 Å². The van der Waals surface area contributed by atoms with Crippen molar-refractivity contribution < 1.29 is 19.1 Å². The number of alkyl halides is 1. The minimum Gasteiger partial charge on any atom is -0.497 e. The number of carbonyl (C=O) groups excluding carboxylic acids is 2. The van der Waals surface area contributed by atoms with Gasteiger partial charge in [0.25, 0.3) is 5.78 Å². The average molecular weight is 243 g/mol. The molecule has 16 heavy (non-hydrogen) atoms. The standard InChI is InChI=1S/C11H11ClO4/c1-15-8-5-3-7(4-6-8)9(12)10(13)11(14)16-2/h3-6,9H,1-2H3. The predicted octanol–water partition coefficient (Wildman–Crippen LogP) is 1.72. The molecule has 1 aromatic carbocycles. The molecule has 0 spiro atoms. The van der Waals surface area contributed by atoms with Crippen molar-refractivity contribution in [1.82, 2.24) is 0 Å². The Kier molecular flexibility index (Phi) is 4.31. The smallest absolute Gasteiger partial charge is 0.376 e. The van der Waals surface area contributed by atoms with Crippen LogP contribution in [-0.2, 0) is 14.3 Å². The van der Waals surface area contributed by atoms with Crippen molar-refractivity contribution in [2.75, 3.05) is 14.2 Å². The van der Waals surface area contributed by atoms with Crippen molar-refractivity contribution in [3.05, 3.63) is 29.8 Å². The first kappa shape index (κ1) is 12.5. The molecular weight excluding hydrogens is 232 g/mol. The van der Waals surface area contributed by atoms with Crippen molar-refractivity contribution in [2.24, 2.45) is 0 Å². The molecule has 0 bridgehead atoms. The van der Waals surface area contributed by atoms with E-state index in [0.29, 0.717) is 11.3 Å². The van der Waals surface area contributed by atoms with Gasteiger partial charge in [-0.3, -0.25) is 4.79 Å². The second kappa shape index (κ2) is 5.51. The van der Waals surface area contributed by atoms with Gasteiger partial charge in [-0.1, -0.05) is 12.1 Å². The van der Waals surface area contributed by atoms with Gasteiger partial charge in [-0.15, -0.1) is 11.6 Å². The highest BCUT2D eigenvalue weighted by Gasteiger charge is 2.25. The van der Waals surface area contributed by atoms with Gasteiger partial charge in [-0.25, -0.2) is 4.79 Å². The molecular formula is C11H11ClO4. The topological polar surface area (TPSA) is 52.6 Å². The van der Waals surface area contributed by atoms with Gasteiger partial charge < -0.3 is 9.47 Å². The normalized spacial score (nSPS) is 11.7. The van der Waals surface area contributed by atoms with Crippen LogP contribution >= 0.6 is 11.6 Å². The summed E-state index contributed by atoms with van der Waals surface area (Å²) in [6.07, 6.45) is 0. The summed E-state index contributed by atoms with van der Waals surface area (Å²) in [6.45, 7) is 0. The average Bonchev–Trinajstić information content (AvgIpc) is 2.36. The van der Waals surface area contributed by atoms with E-state index in [4.69, 9.17) is 16.3 Å². The molecule has 0 saturated heterocycles. The second-order valence-electron chi connectivity index (χ2n) is 2.99. The van der Waals surface area contributed by atoms with E-state index in [1.54, 1.807) is 24.3 Å². The number of rotatable bonds is 4. The molecule has 1 aromatic rings. The Morgan fingerprint density at radius 3 is 2.19 bits per heavy atom. The van der Waals surface area contributed by atoms with Crippen molar-refractivity contribution in [1.29, 1.82) is 0 Å². The number of hydrogen-bond donors (Lipinski definition) is 0. The third kappa shape index (κ3) is 2.73. The number of ketones is 1. The largest absolute Gasteiger partial charge is 0.497 e. The fraction of sp³-hybridized carbons (Fsp3) is 0.273. The fourth-order valence-corrected chi connectivity index (χ4v) is 1.36. The van der Waals surface area contributed by atoms with Gasteiger partial charge in [-0.2, -0.15) is 0 Å². The monoisotopic (exact) mass is 242 g/mol. The lowest BCUT2D eigenvalue weighted by molar-refractivity contribution is -0.151. The first-order valence-electron chi connectivity index (χ1n) is 4.50. The number of Topliss-reactive ketones (excluding diaryl/α,β-unsaturated/α-hetero) is 1. The highest BCUT2D eigenvalue weighted by Crippen LogP contribution is 2.24. The van der Waals surface area contributed by atoms with Crippen molar-refractivity contribution in [3.63, 3.8) is 0 Å². The molecule has 0 saturated carbocycles. The molecule has 1 rings (SSSR count). The minimum absolute atomic E-state index is 0.526. The summed E-state index contributed by atoms with van der Waals surface area (Å²) in [5.41, 5.74) is 0.526. The summed E-state index contributed by atoms with van der Waals surface area (Å²) >= 11 is 5.83. The van der Waals surface area contributed by atoms with Crippen molar-refractivity contribution in [3.8, 4) is 5.75 Å². The number of esters is 1. The third-order valence-electron chi connectivity index (χ3n) is 2.03. The molecule has 0 aliphatic carbocycles. The van der Waals surface area contributed by atoms with Crippen LogP contribution in [-0.4, -0.2) is 26.0 Å². The summed E-state index contributed by atoms with van der Waals surface area (Å²) < 4.78 is 9.26. The van der Waals surface area contributed by atoms with Crippen LogP contribution in [0, 0.1) is 0 Å². The summed E-state index contributed by atoms with van der Waals surface area (Å²) in [4.78, 5) is 22.4. The maximum absolute atomic E-state index is 11.4. The predicted molar refractivity (Wildman–Crippen MR) is 58.6 cm³/mol. The zero-order chi connectivity index (χ0) is 12.1. The van der Waals surface area contributed by atoms with E-state index in [-0.39, 0.29) is 0 Å². The molecule has 0 radical (unpaired) electrons. The lowest BCUT2D eigenvalue weighted by Crippen LogP contribution is -2.20. The molecule has 1 atom stereocenters. The van der Waals surface area contributed by atoms with E-state index in [2.05, 4.69) is 4.74 Å².